The van der Waals surface area contributed by atoms with Gasteiger partial charge in [0, 0.05) is 25.3 Å². The van der Waals surface area contributed by atoms with E-state index in [2.05, 4.69) is 10.6 Å². The van der Waals surface area contributed by atoms with Gasteiger partial charge in [0.2, 0.25) is 5.91 Å². The zero-order chi connectivity index (χ0) is 23.6. The predicted molar refractivity (Wildman–Crippen MR) is 130 cm³/mol. The maximum Gasteiger partial charge on any atom is 0.256 e. The highest BCUT2D eigenvalue weighted by Gasteiger charge is 2.20. The summed E-state index contributed by atoms with van der Waals surface area (Å²) < 4.78 is 0. The molecule has 6 nitrogen and oxygen atoms in total. The average molecular weight is 444 g/mol. The molecule has 0 saturated carbocycles. The lowest BCUT2D eigenvalue weighted by molar-refractivity contribution is -0.120. The average Bonchev–Trinajstić information content (AvgIpc) is 2.85. The van der Waals surface area contributed by atoms with Gasteiger partial charge in [-0.1, -0.05) is 54.6 Å². The van der Waals surface area contributed by atoms with E-state index in [1.165, 1.54) is 0 Å². The number of nitrogens with zero attached hydrogens (tertiary/aromatic N) is 1. The van der Waals surface area contributed by atoms with Gasteiger partial charge in [0.15, 0.2) is 0 Å². The normalized spacial score (nSPS) is 10.4. The Kier molecular flexibility index (Phi) is 8.36. The van der Waals surface area contributed by atoms with E-state index in [9.17, 15) is 14.4 Å². The molecule has 3 rings (SSSR count). The molecule has 0 heterocycles. The van der Waals surface area contributed by atoms with Crippen LogP contribution in [0.3, 0.4) is 0 Å². The Hall–Kier alpha value is -3.93. The molecule has 33 heavy (non-hydrogen) atoms. The fraction of sp³-hybridized carbons (Fsp3) is 0.222. The van der Waals surface area contributed by atoms with Gasteiger partial charge in [-0.3, -0.25) is 14.4 Å². The minimum Gasteiger partial charge on any atom is -0.352 e. The van der Waals surface area contributed by atoms with Gasteiger partial charge in [0.05, 0.1) is 17.5 Å². The lowest BCUT2D eigenvalue weighted by Gasteiger charge is -2.20. The highest BCUT2D eigenvalue weighted by molar-refractivity contribution is 6.12. The van der Waals surface area contributed by atoms with Crippen molar-refractivity contribution in [1.29, 1.82) is 0 Å². The first-order valence-electron chi connectivity index (χ1n) is 11.1. The van der Waals surface area contributed by atoms with Crippen molar-refractivity contribution in [3.8, 4) is 0 Å². The molecule has 2 N–H and O–H groups in total. The van der Waals surface area contributed by atoms with Gasteiger partial charge in [-0.05, 0) is 49.2 Å². The van der Waals surface area contributed by atoms with Crippen LogP contribution in [0.1, 0.15) is 45.7 Å². The summed E-state index contributed by atoms with van der Waals surface area (Å²) in [4.78, 5) is 39.6. The number of hydrogen-bond acceptors (Lipinski definition) is 3. The Balaban J connectivity index is 1.60. The summed E-state index contributed by atoms with van der Waals surface area (Å²) in [5.74, 6) is -0.582. The quantitative estimate of drug-likeness (QED) is 0.518. The minimum atomic E-state index is -0.348. The van der Waals surface area contributed by atoms with Crippen LogP contribution in [0.25, 0.3) is 0 Å². The first kappa shape index (κ1) is 23.7. The van der Waals surface area contributed by atoms with Crippen molar-refractivity contribution in [2.75, 3.05) is 18.4 Å². The van der Waals surface area contributed by atoms with Gasteiger partial charge < -0.3 is 15.5 Å². The lowest BCUT2D eigenvalue weighted by Crippen LogP contribution is -2.32. The summed E-state index contributed by atoms with van der Waals surface area (Å²) in [7, 11) is 0. The summed E-state index contributed by atoms with van der Waals surface area (Å²) >= 11 is 0. The zero-order valence-electron chi connectivity index (χ0n) is 19.0. The van der Waals surface area contributed by atoms with Crippen molar-refractivity contribution in [2.45, 2.75) is 26.8 Å². The van der Waals surface area contributed by atoms with Crippen molar-refractivity contribution in [3.63, 3.8) is 0 Å². The molecule has 0 aliphatic heterocycles. The van der Waals surface area contributed by atoms with E-state index >= 15 is 0 Å². The third kappa shape index (κ3) is 6.53. The molecular weight excluding hydrogens is 414 g/mol. The van der Waals surface area contributed by atoms with Crippen molar-refractivity contribution in [2.24, 2.45) is 0 Å². The fourth-order valence-electron chi connectivity index (χ4n) is 3.50. The SMILES string of the molecule is CCN(CC)C(=O)c1ccccc1C(=O)Nc1ccc(CC(=O)NCc2ccccc2)cc1. The molecule has 0 aromatic heterocycles. The minimum absolute atomic E-state index is 0.0699. The van der Waals surface area contributed by atoms with E-state index in [0.717, 1.165) is 11.1 Å². The number of carbonyl (C=O) groups is 3. The Morgan fingerprint density at radius 2 is 1.33 bits per heavy atom. The summed E-state index contributed by atoms with van der Waals surface area (Å²) in [6, 6.07) is 23.7. The van der Waals surface area contributed by atoms with Gasteiger partial charge in [-0.2, -0.15) is 0 Å². The third-order valence-electron chi connectivity index (χ3n) is 5.36. The van der Waals surface area contributed by atoms with Crippen molar-refractivity contribution in [3.05, 3.63) is 101 Å². The molecule has 3 aromatic carbocycles. The second kappa shape index (κ2) is 11.6. The molecule has 0 aliphatic carbocycles. The van der Waals surface area contributed by atoms with Crippen molar-refractivity contribution in [1.82, 2.24) is 10.2 Å². The largest absolute Gasteiger partial charge is 0.352 e. The molecule has 6 heteroatoms. The van der Waals surface area contributed by atoms with Crippen LogP contribution in [-0.4, -0.2) is 35.7 Å². The van der Waals surface area contributed by atoms with E-state index in [0.29, 0.717) is 36.4 Å². The van der Waals surface area contributed by atoms with Gasteiger partial charge in [0.1, 0.15) is 0 Å². The van der Waals surface area contributed by atoms with Gasteiger partial charge >= 0.3 is 0 Å². The summed E-state index contributed by atoms with van der Waals surface area (Å²) in [6.45, 7) is 5.46. The predicted octanol–water partition coefficient (Wildman–Crippen LogP) is 4.28. The number of rotatable bonds is 9. The molecule has 3 aromatic rings. The standard InChI is InChI=1S/C27H29N3O3/c1-3-30(4-2)27(33)24-13-9-8-12-23(24)26(32)29-22-16-14-20(15-17-22)18-25(31)28-19-21-10-6-5-7-11-21/h5-17H,3-4,18-19H2,1-2H3,(H,28,31)(H,29,32). The highest BCUT2D eigenvalue weighted by atomic mass is 16.2. The highest BCUT2D eigenvalue weighted by Crippen LogP contribution is 2.16. The van der Waals surface area contributed by atoms with Crippen LogP contribution in [0.4, 0.5) is 5.69 Å². The van der Waals surface area contributed by atoms with E-state index < -0.39 is 0 Å². The smallest absolute Gasteiger partial charge is 0.256 e. The summed E-state index contributed by atoms with van der Waals surface area (Å²) in [5.41, 5.74) is 3.20. The van der Waals surface area contributed by atoms with Crippen LogP contribution in [-0.2, 0) is 17.8 Å². The Morgan fingerprint density at radius 3 is 1.97 bits per heavy atom. The van der Waals surface area contributed by atoms with Crippen molar-refractivity contribution >= 4 is 23.4 Å². The molecule has 0 saturated heterocycles. The van der Waals surface area contributed by atoms with Crippen LogP contribution in [0.15, 0.2) is 78.9 Å². The number of hydrogen-bond donors (Lipinski definition) is 2. The number of anilines is 1. The van der Waals surface area contributed by atoms with Crippen LogP contribution in [0, 0.1) is 0 Å². The molecule has 0 unspecified atom stereocenters. The van der Waals surface area contributed by atoms with E-state index in [1.807, 2.05) is 56.3 Å². The molecule has 0 fully saturated rings. The fourth-order valence-corrected chi connectivity index (χ4v) is 3.50. The molecule has 0 aliphatic rings. The van der Waals surface area contributed by atoms with Crippen LogP contribution in [0.5, 0.6) is 0 Å². The Labute approximate surface area is 194 Å². The topological polar surface area (TPSA) is 78.5 Å². The number of amides is 3. The molecule has 0 spiro atoms. The molecule has 3 amide bonds. The van der Waals surface area contributed by atoms with E-state index in [4.69, 9.17) is 0 Å². The van der Waals surface area contributed by atoms with E-state index in [1.54, 1.807) is 41.3 Å². The first-order chi connectivity index (χ1) is 16.0. The maximum absolute atomic E-state index is 12.9. The molecular formula is C27H29N3O3. The lowest BCUT2D eigenvalue weighted by atomic mass is 10.0. The first-order valence-corrected chi connectivity index (χ1v) is 11.1. The van der Waals surface area contributed by atoms with Crippen LogP contribution < -0.4 is 10.6 Å². The molecule has 170 valence electrons. The summed E-state index contributed by atoms with van der Waals surface area (Å²) in [6.07, 6.45) is 0.252. The monoisotopic (exact) mass is 443 g/mol. The molecule has 0 bridgehead atoms. The molecule has 0 atom stereocenters. The second-order valence-corrected chi connectivity index (χ2v) is 7.61. The second-order valence-electron chi connectivity index (χ2n) is 7.61. The van der Waals surface area contributed by atoms with E-state index in [-0.39, 0.29) is 24.1 Å². The Bertz CT molecular complexity index is 1090. The third-order valence-corrected chi connectivity index (χ3v) is 5.36. The van der Waals surface area contributed by atoms with Gasteiger partial charge in [0.25, 0.3) is 11.8 Å². The van der Waals surface area contributed by atoms with Crippen molar-refractivity contribution < 1.29 is 14.4 Å². The van der Waals surface area contributed by atoms with Gasteiger partial charge in [-0.25, -0.2) is 0 Å². The summed E-state index contributed by atoms with van der Waals surface area (Å²) in [5, 5.41) is 5.75. The maximum atomic E-state index is 12.9. The van der Waals surface area contributed by atoms with Gasteiger partial charge in [-0.15, -0.1) is 0 Å². The number of carbonyl (C=O) groups excluding carboxylic acids is 3. The molecule has 0 radical (unpaired) electrons. The van der Waals surface area contributed by atoms with Crippen LogP contribution in [0.2, 0.25) is 0 Å². The zero-order valence-corrected chi connectivity index (χ0v) is 19.0. The number of nitrogens with one attached hydrogen (secondary N) is 2. The Morgan fingerprint density at radius 1 is 0.727 bits per heavy atom. The van der Waals surface area contributed by atoms with Crippen LogP contribution >= 0.6 is 0 Å². The number of benzene rings is 3.